The first-order chi connectivity index (χ1) is 9.60. The molecule has 0 unspecified atom stereocenters. The van der Waals surface area contributed by atoms with Gasteiger partial charge in [-0.05, 0) is 19.3 Å². The van der Waals surface area contributed by atoms with Crippen molar-refractivity contribution in [2.75, 3.05) is 13.2 Å². The third-order valence-corrected chi connectivity index (χ3v) is 3.79. The molecule has 0 aromatic rings. The molecular formula is C14H26N2O4. The molecule has 0 bridgehead atoms. The largest absolute Gasteiger partial charge is 0.480 e. The van der Waals surface area contributed by atoms with E-state index in [0.29, 0.717) is 12.8 Å². The summed E-state index contributed by atoms with van der Waals surface area (Å²) in [6.45, 7) is 2.04. The van der Waals surface area contributed by atoms with E-state index in [2.05, 4.69) is 5.32 Å². The molecule has 0 spiro atoms. The molecule has 0 aliphatic heterocycles. The van der Waals surface area contributed by atoms with Crippen molar-refractivity contribution in [3.05, 3.63) is 0 Å². The van der Waals surface area contributed by atoms with Gasteiger partial charge in [-0.2, -0.15) is 0 Å². The van der Waals surface area contributed by atoms with Crippen LogP contribution in [-0.4, -0.2) is 52.3 Å². The molecule has 0 heterocycles. The lowest BCUT2D eigenvalue weighted by Crippen LogP contribution is -2.52. The van der Waals surface area contributed by atoms with E-state index in [1.807, 2.05) is 6.92 Å². The summed E-state index contributed by atoms with van der Waals surface area (Å²) in [6, 6.07) is -1.10. The Bertz CT molecular complexity index is 316. The van der Waals surface area contributed by atoms with E-state index in [4.69, 9.17) is 10.2 Å². The molecule has 0 aromatic heterocycles. The molecule has 2 amide bonds. The Morgan fingerprint density at radius 3 is 2.45 bits per heavy atom. The highest BCUT2D eigenvalue weighted by Gasteiger charge is 2.28. The van der Waals surface area contributed by atoms with Crippen LogP contribution in [0.2, 0.25) is 0 Å². The molecule has 0 aromatic carbocycles. The van der Waals surface area contributed by atoms with E-state index < -0.39 is 12.0 Å². The minimum absolute atomic E-state index is 0.102. The summed E-state index contributed by atoms with van der Waals surface area (Å²) < 4.78 is 0. The van der Waals surface area contributed by atoms with Gasteiger partial charge in [0.1, 0.15) is 6.04 Å². The third kappa shape index (κ3) is 5.00. The van der Waals surface area contributed by atoms with E-state index in [0.717, 1.165) is 25.7 Å². The molecule has 1 aliphatic carbocycles. The zero-order chi connectivity index (χ0) is 15.0. The lowest BCUT2D eigenvalue weighted by molar-refractivity contribution is -0.139. The van der Waals surface area contributed by atoms with Crippen molar-refractivity contribution in [1.29, 1.82) is 0 Å². The maximum Gasteiger partial charge on any atom is 0.326 e. The molecule has 0 saturated heterocycles. The molecule has 1 fully saturated rings. The van der Waals surface area contributed by atoms with Gasteiger partial charge in [0.2, 0.25) is 0 Å². The average Bonchev–Trinajstić information content (AvgIpc) is 2.45. The minimum Gasteiger partial charge on any atom is -0.480 e. The maximum atomic E-state index is 12.3. The van der Waals surface area contributed by atoms with Gasteiger partial charge < -0.3 is 20.4 Å². The molecule has 6 heteroatoms. The van der Waals surface area contributed by atoms with E-state index in [9.17, 15) is 9.59 Å². The Labute approximate surface area is 120 Å². The van der Waals surface area contributed by atoms with Gasteiger partial charge in [-0.25, -0.2) is 9.59 Å². The van der Waals surface area contributed by atoms with Crippen molar-refractivity contribution in [2.45, 2.75) is 64.0 Å². The quantitative estimate of drug-likeness (QED) is 0.662. The second-order valence-electron chi connectivity index (χ2n) is 5.34. The van der Waals surface area contributed by atoms with E-state index in [1.165, 1.54) is 6.42 Å². The number of hydrogen-bond donors (Lipinski definition) is 3. The lowest BCUT2D eigenvalue weighted by atomic mass is 9.94. The normalized spacial score (nSPS) is 17.5. The first-order valence-electron chi connectivity index (χ1n) is 7.51. The summed E-state index contributed by atoms with van der Waals surface area (Å²) in [5.41, 5.74) is 0. The van der Waals surface area contributed by atoms with Gasteiger partial charge in [-0.1, -0.05) is 32.6 Å². The summed E-state index contributed by atoms with van der Waals surface area (Å²) in [5, 5.41) is 20.8. The number of hydrogen-bond acceptors (Lipinski definition) is 3. The van der Waals surface area contributed by atoms with Crippen LogP contribution in [0.15, 0.2) is 0 Å². The highest BCUT2D eigenvalue weighted by Crippen LogP contribution is 2.22. The number of carboxylic acids is 1. The minimum atomic E-state index is -1.01. The van der Waals surface area contributed by atoms with Gasteiger partial charge in [-0.15, -0.1) is 0 Å². The van der Waals surface area contributed by atoms with Crippen LogP contribution < -0.4 is 5.32 Å². The second kappa shape index (κ2) is 8.79. The number of urea groups is 1. The van der Waals surface area contributed by atoms with Gasteiger partial charge in [0.15, 0.2) is 0 Å². The smallest absolute Gasteiger partial charge is 0.326 e. The number of nitrogens with one attached hydrogen (secondary N) is 1. The van der Waals surface area contributed by atoms with Crippen LogP contribution in [0.1, 0.15) is 51.9 Å². The fraction of sp³-hybridized carbons (Fsp3) is 0.857. The SMILES string of the molecule is CCC[C@@H](NC(=O)N(CCO)C1CCCCC1)C(=O)O. The Balaban J connectivity index is 2.64. The lowest BCUT2D eigenvalue weighted by Gasteiger charge is -2.34. The van der Waals surface area contributed by atoms with Crippen LogP contribution in [0.3, 0.4) is 0 Å². The number of carbonyl (C=O) groups excluding carboxylic acids is 1. The number of carboxylic acid groups (broad SMARTS) is 1. The zero-order valence-corrected chi connectivity index (χ0v) is 12.2. The highest BCUT2D eigenvalue weighted by molar-refractivity contribution is 5.82. The predicted molar refractivity (Wildman–Crippen MR) is 75.5 cm³/mol. The first-order valence-corrected chi connectivity index (χ1v) is 7.51. The summed E-state index contributed by atoms with van der Waals surface area (Å²) in [4.78, 5) is 25.0. The monoisotopic (exact) mass is 286 g/mol. The third-order valence-electron chi connectivity index (χ3n) is 3.79. The number of aliphatic hydroxyl groups excluding tert-OH is 1. The average molecular weight is 286 g/mol. The predicted octanol–water partition coefficient (Wildman–Crippen LogP) is 1.58. The fourth-order valence-electron chi connectivity index (χ4n) is 2.73. The van der Waals surface area contributed by atoms with Gasteiger partial charge in [-0.3, -0.25) is 0 Å². The Morgan fingerprint density at radius 1 is 1.30 bits per heavy atom. The van der Waals surface area contributed by atoms with E-state index >= 15 is 0 Å². The Kier molecular flexibility index (Phi) is 7.36. The number of carbonyl (C=O) groups is 2. The molecule has 1 atom stereocenters. The molecule has 1 rings (SSSR count). The number of aliphatic carboxylic acids is 1. The highest BCUT2D eigenvalue weighted by atomic mass is 16.4. The van der Waals surface area contributed by atoms with E-state index in [-0.39, 0.29) is 25.2 Å². The Morgan fingerprint density at radius 2 is 1.95 bits per heavy atom. The summed E-state index contributed by atoms with van der Waals surface area (Å²) in [7, 11) is 0. The van der Waals surface area contributed by atoms with Gasteiger partial charge >= 0.3 is 12.0 Å². The van der Waals surface area contributed by atoms with Crippen LogP contribution in [0, 0.1) is 0 Å². The van der Waals surface area contributed by atoms with Crippen molar-refractivity contribution in [3.63, 3.8) is 0 Å². The van der Waals surface area contributed by atoms with Crippen LogP contribution in [0.25, 0.3) is 0 Å². The summed E-state index contributed by atoms with van der Waals surface area (Å²) in [5.74, 6) is -1.01. The fourth-order valence-corrected chi connectivity index (χ4v) is 2.73. The second-order valence-corrected chi connectivity index (χ2v) is 5.34. The molecule has 0 radical (unpaired) electrons. The number of nitrogens with zero attached hydrogens (tertiary/aromatic N) is 1. The van der Waals surface area contributed by atoms with Crippen molar-refractivity contribution in [2.24, 2.45) is 0 Å². The van der Waals surface area contributed by atoms with Crippen molar-refractivity contribution in [1.82, 2.24) is 10.2 Å². The molecule has 116 valence electrons. The van der Waals surface area contributed by atoms with Crippen LogP contribution >= 0.6 is 0 Å². The number of amides is 2. The molecule has 3 N–H and O–H groups in total. The molecule has 20 heavy (non-hydrogen) atoms. The van der Waals surface area contributed by atoms with Gasteiger partial charge in [0, 0.05) is 12.6 Å². The number of rotatable bonds is 7. The van der Waals surface area contributed by atoms with Crippen LogP contribution in [-0.2, 0) is 4.79 Å². The van der Waals surface area contributed by atoms with Crippen molar-refractivity contribution in [3.8, 4) is 0 Å². The zero-order valence-electron chi connectivity index (χ0n) is 12.2. The van der Waals surface area contributed by atoms with Crippen molar-refractivity contribution >= 4 is 12.0 Å². The maximum absolute atomic E-state index is 12.3. The number of aliphatic hydroxyl groups is 1. The topological polar surface area (TPSA) is 89.9 Å². The summed E-state index contributed by atoms with van der Waals surface area (Å²) >= 11 is 0. The van der Waals surface area contributed by atoms with Crippen LogP contribution in [0.4, 0.5) is 4.79 Å². The molecule has 1 aliphatic rings. The first kappa shape index (κ1) is 16.8. The molecule has 6 nitrogen and oxygen atoms in total. The Hall–Kier alpha value is -1.30. The van der Waals surface area contributed by atoms with Crippen molar-refractivity contribution < 1.29 is 19.8 Å². The molecule has 1 saturated carbocycles. The molecular weight excluding hydrogens is 260 g/mol. The van der Waals surface area contributed by atoms with Crippen LogP contribution in [0.5, 0.6) is 0 Å². The van der Waals surface area contributed by atoms with E-state index in [1.54, 1.807) is 4.90 Å². The summed E-state index contributed by atoms with van der Waals surface area (Å²) in [6.07, 6.45) is 6.31. The standard InChI is InChI=1S/C14H26N2O4/c1-2-6-12(13(18)19)15-14(20)16(9-10-17)11-7-4-3-5-8-11/h11-12,17H,2-10H2,1H3,(H,15,20)(H,18,19)/t12-/m1/s1. The van der Waals surface area contributed by atoms with Gasteiger partial charge in [0.25, 0.3) is 0 Å². The van der Waals surface area contributed by atoms with Gasteiger partial charge in [0.05, 0.1) is 6.61 Å².